The third-order valence-electron chi connectivity index (χ3n) is 2.39. The normalized spacial score (nSPS) is 11.1. The maximum atomic E-state index is 12.9. The van der Waals surface area contributed by atoms with Gasteiger partial charge in [-0.1, -0.05) is 0 Å². The molecule has 0 saturated carbocycles. The molecule has 0 bridgehead atoms. The summed E-state index contributed by atoms with van der Waals surface area (Å²) in [7, 11) is -3.98. The number of nitrogens with zero attached hydrogens (tertiary/aromatic N) is 2. The zero-order valence-corrected chi connectivity index (χ0v) is 12.6. The van der Waals surface area contributed by atoms with E-state index in [2.05, 4.69) is 25.6 Å². The highest BCUT2D eigenvalue weighted by Gasteiger charge is 2.19. The minimum Gasteiger partial charge on any atom is -0.358 e. The van der Waals surface area contributed by atoms with Crippen molar-refractivity contribution in [3.63, 3.8) is 0 Å². The fourth-order valence-corrected chi connectivity index (χ4v) is 3.02. The summed E-state index contributed by atoms with van der Waals surface area (Å²) < 4.78 is 39.6. The molecule has 0 atom stereocenters. The Balaban J connectivity index is 2.31. The van der Waals surface area contributed by atoms with Crippen LogP contribution in [0.5, 0.6) is 0 Å². The molecular weight excluding hydrogens is 369 g/mol. The molecule has 0 amide bonds. The van der Waals surface area contributed by atoms with Crippen molar-refractivity contribution >= 4 is 37.5 Å². The van der Waals surface area contributed by atoms with Crippen LogP contribution in [-0.2, 0) is 10.0 Å². The minimum atomic E-state index is -3.98. The van der Waals surface area contributed by atoms with Gasteiger partial charge >= 0.3 is 5.82 Å². The predicted molar refractivity (Wildman–Crippen MR) is 75.8 cm³/mol. The van der Waals surface area contributed by atoms with E-state index in [0.29, 0.717) is 0 Å². The monoisotopic (exact) mass is 375 g/mol. The number of benzene rings is 1. The van der Waals surface area contributed by atoms with E-state index >= 15 is 0 Å². The number of aromatic nitrogens is 1. The lowest BCUT2D eigenvalue weighted by molar-refractivity contribution is -0.389. The topological polar surface area (TPSA) is 102 Å². The molecule has 0 aliphatic heterocycles. The Labute approximate surface area is 127 Å². The second-order valence-corrected chi connectivity index (χ2v) is 6.38. The van der Waals surface area contributed by atoms with E-state index in [-0.39, 0.29) is 15.1 Å². The molecule has 0 saturated heterocycles. The van der Waals surface area contributed by atoms with Gasteiger partial charge in [0.05, 0.1) is 5.69 Å². The van der Waals surface area contributed by atoms with Gasteiger partial charge in [0.1, 0.15) is 10.7 Å². The quantitative estimate of drug-likeness (QED) is 0.653. The van der Waals surface area contributed by atoms with E-state index in [1.165, 1.54) is 6.07 Å². The number of anilines is 1. The van der Waals surface area contributed by atoms with Crippen LogP contribution in [0.1, 0.15) is 0 Å². The number of nitrogens with one attached hydrogen (secondary N) is 1. The summed E-state index contributed by atoms with van der Waals surface area (Å²) in [5.74, 6) is -0.987. The van der Waals surface area contributed by atoms with Crippen LogP contribution in [0.4, 0.5) is 15.9 Å². The molecule has 0 spiro atoms. The van der Waals surface area contributed by atoms with Crippen LogP contribution < -0.4 is 4.72 Å². The molecule has 110 valence electrons. The predicted octanol–water partition coefficient (Wildman–Crippen LogP) is 2.69. The second kappa shape index (κ2) is 5.74. The van der Waals surface area contributed by atoms with Gasteiger partial charge in [0.15, 0.2) is 6.20 Å². The van der Waals surface area contributed by atoms with Gasteiger partial charge in [-0.2, -0.15) is 0 Å². The molecule has 1 N–H and O–H groups in total. The minimum absolute atomic E-state index is 0.134. The molecule has 0 radical (unpaired) electrons. The van der Waals surface area contributed by atoms with Crippen LogP contribution in [0.2, 0.25) is 0 Å². The number of halogens is 2. The maximum Gasteiger partial charge on any atom is 0.363 e. The molecule has 0 aliphatic rings. The SMILES string of the molecule is O=[N+]([O-])c1ccc(S(=O)(=O)Nc2ccc(F)cc2Br)cn1. The van der Waals surface area contributed by atoms with Crippen molar-refractivity contribution in [2.24, 2.45) is 0 Å². The summed E-state index contributed by atoms with van der Waals surface area (Å²) >= 11 is 3.03. The Hall–Kier alpha value is -2.07. The van der Waals surface area contributed by atoms with Crippen LogP contribution in [0, 0.1) is 15.9 Å². The number of nitro groups is 1. The molecule has 1 heterocycles. The highest BCUT2D eigenvalue weighted by molar-refractivity contribution is 9.10. The van der Waals surface area contributed by atoms with E-state index in [1.54, 1.807) is 0 Å². The molecular formula is C11H7BrFN3O4S. The summed E-state index contributed by atoms with van der Waals surface area (Å²) in [6.45, 7) is 0. The molecule has 0 aliphatic carbocycles. The molecule has 2 aromatic rings. The van der Waals surface area contributed by atoms with Gasteiger partial charge in [0.2, 0.25) is 0 Å². The third kappa shape index (κ3) is 3.52. The number of rotatable bonds is 4. The second-order valence-electron chi connectivity index (χ2n) is 3.84. The standard InChI is InChI=1S/C11H7BrFN3O4S/c12-9-5-7(13)1-3-10(9)15-21(19,20)8-2-4-11(14-6-8)16(17)18/h1-6,15H. The Morgan fingerprint density at radius 3 is 2.52 bits per heavy atom. The fraction of sp³-hybridized carbons (Fsp3) is 0. The maximum absolute atomic E-state index is 12.9. The molecule has 1 aromatic heterocycles. The van der Waals surface area contributed by atoms with Crippen molar-refractivity contribution in [3.05, 3.63) is 56.9 Å². The first-order chi connectivity index (χ1) is 9.79. The fourth-order valence-electron chi connectivity index (χ4n) is 1.42. The van der Waals surface area contributed by atoms with E-state index < -0.39 is 26.6 Å². The molecule has 2 rings (SSSR count). The van der Waals surface area contributed by atoms with Crippen LogP contribution in [-0.4, -0.2) is 18.3 Å². The van der Waals surface area contributed by atoms with Crippen LogP contribution >= 0.6 is 15.9 Å². The highest BCUT2D eigenvalue weighted by Crippen LogP contribution is 2.25. The summed E-state index contributed by atoms with van der Waals surface area (Å²) in [6, 6.07) is 5.48. The van der Waals surface area contributed by atoms with E-state index in [9.17, 15) is 22.9 Å². The van der Waals surface area contributed by atoms with Gasteiger partial charge in [-0.05, 0) is 50.1 Å². The largest absolute Gasteiger partial charge is 0.363 e. The van der Waals surface area contributed by atoms with Gasteiger partial charge in [0.25, 0.3) is 10.0 Å². The van der Waals surface area contributed by atoms with Crippen molar-refractivity contribution < 1.29 is 17.7 Å². The van der Waals surface area contributed by atoms with E-state index in [1.807, 2.05) is 0 Å². The average molecular weight is 376 g/mol. The van der Waals surface area contributed by atoms with Gasteiger partial charge in [-0.25, -0.2) is 12.8 Å². The molecule has 0 unspecified atom stereocenters. The van der Waals surface area contributed by atoms with Gasteiger partial charge in [-0.15, -0.1) is 0 Å². The average Bonchev–Trinajstić information content (AvgIpc) is 2.42. The Kier molecular flexibility index (Phi) is 4.19. The van der Waals surface area contributed by atoms with Crippen molar-refractivity contribution in [3.8, 4) is 0 Å². The van der Waals surface area contributed by atoms with Crippen molar-refractivity contribution in [2.75, 3.05) is 4.72 Å². The Morgan fingerprint density at radius 1 is 1.29 bits per heavy atom. The van der Waals surface area contributed by atoms with Crippen molar-refractivity contribution in [1.29, 1.82) is 0 Å². The lowest BCUT2D eigenvalue weighted by Gasteiger charge is -2.08. The summed E-state index contributed by atoms with van der Waals surface area (Å²) in [5, 5.41) is 10.5. The Bertz CT molecular complexity index is 796. The summed E-state index contributed by atoms with van der Waals surface area (Å²) in [6.07, 6.45) is 0.873. The van der Waals surface area contributed by atoms with Gasteiger partial charge < -0.3 is 10.1 Å². The zero-order valence-electron chi connectivity index (χ0n) is 10.2. The first kappa shape index (κ1) is 15.3. The van der Waals surface area contributed by atoms with Gasteiger partial charge in [-0.3, -0.25) is 4.72 Å². The number of hydrogen-bond donors (Lipinski definition) is 1. The van der Waals surface area contributed by atoms with Crippen LogP contribution in [0.3, 0.4) is 0 Å². The Morgan fingerprint density at radius 2 is 2.00 bits per heavy atom. The van der Waals surface area contributed by atoms with E-state index in [4.69, 9.17) is 0 Å². The first-order valence-electron chi connectivity index (χ1n) is 5.38. The first-order valence-corrected chi connectivity index (χ1v) is 7.65. The lowest BCUT2D eigenvalue weighted by Crippen LogP contribution is -2.13. The third-order valence-corrected chi connectivity index (χ3v) is 4.40. The zero-order chi connectivity index (χ0) is 15.6. The number of hydrogen-bond acceptors (Lipinski definition) is 5. The number of sulfonamides is 1. The van der Waals surface area contributed by atoms with Crippen molar-refractivity contribution in [1.82, 2.24) is 4.98 Å². The van der Waals surface area contributed by atoms with Gasteiger partial charge in [0, 0.05) is 10.5 Å². The summed E-state index contributed by atoms with van der Waals surface area (Å²) in [4.78, 5) is 12.9. The van der Waals surface area contributed by atoms with Crippen molar-refractivity contribution in [2.45, 2.75) is 4.90 Å². The van der Waals surface area contributed by atoms with Crippen LogP contribution in [0.25, 0.3) is 0 Å². The van der Waals surface area contributed by atoms with E-state index in [0.717, 1.165) is 30.5 Å². The molecule has 7 nitrogen and oxygen atoms in total. The molecule has 10 heteroatoms. The highest BCUT2D eigenvalue weighted by atomic mass is 79.9. The smallest absolute Gasteiger partial charge is 0.358 e. The number of pyridine rings is 1. The summed E-state index contributed by atoms with van der Waals surface area (Å²) in [5.41, 5.74) is 0.134. The lowest BCUT2D eigenvalue weighted by atomic mass is 10.3. The van der Waals surface area contributed by atoms with Crippen LogP contribution in [0.15, 0.2) is 45.9 Å². The molecule has 1 aromatic carbocycles. The molecule has 0 fully saturated rings. The molecule has 21 heavy (non-hydrogen) atoms.